The molecule has 0 aliphatic heterocycles. The molecular formula is C24H25N7O2. The molecule has 0 atom stereocenters. The van der Waals surface area contributed by atoms with Crippen LogP contribution in [0.4, 0.5) is 5.82 Å². The molecule has 9 heteroatoms. The number of carbonyl (C=O) groups excluding carboxylic acids is 2. The lowest BCUT2D eigenvalue weighted by Gasteiger charge is -2.31. The van der Waals surface area contributed by atoms with Crippen LogP contribution in [0.15, 0.2) is 42.7 Å². The molecule has 3 heterocycles. The molecule has 2 amide bonds. The van der Waals surface area contributed by atoms with Crippen LogP contribution in [0, 0.1) is 0 Å². The summed E-state index contributed by atoms with van der Waals surface area (Å²) in [6.07, 6.45) is 5.81. The Labute approximate surface area is 190 Å². The summed E-state index contributed by atoms with van der Waals surface area (Å²) >= 11 is 0. The fourth-order valence-corrected chi connectivity index (χ4v) is 4.05. The second kappa shape index (κ2) is 7.84. The number of nitrogens with two attached hydrogens (primary N) is 1. The summed E-state index contributed by atoms with van der Waals surface area (Å²) in [7, 11) is 3.42. The molecule has 33 heavy (non-hydrogen) atoms. The molecule has 1 aliphatic carbocycles. The lowest BCUT2D eigenvalue weighted by Crippen LogP contribution is -2.46. The van der Waals surface area contributed by atoms with Crippen molar-refractivity contribution in [1.82, 2.24) is 29.8 Å². The topological polar surface area (TPSA) is 110 Å². The minimum atomic E-state index is -0.298. The predicted molar refractivity (Wildman–Crippen MR) is 125 cm³/mol. The molecule has 1 aromatic carbocycles. The molecule has 0 unspecified atom stereocenters. The monoisotopic (exact) mass is 443 g/mol. The highest BCUT2D eigenvalue weighted by Crippen LogP contribution is 2.38. The Bertz CT molecular complexity index is 1390. The zero-order valence-corrected chi connectivity index (χ0v) is 18.8. The first-order chi connectivity index (χ1) is 15.8. The Morgan fingerprint density at radius 2 is 1.94 bits per heavy atom. The standard InChI is InChI=1S/C24H25N7O2/c1-14(32)30(3)31(13-15-4-8-20(26-11-15)16-5-6-16)24(33)17-7-9-21-18(10-17)22-19(23(25)28-21)12-27-29(22)2/h4,7-12,16H,5-6,13H2,1-3H3,(H2,25,28). The Morgan fingerprint density at radius 1 is 1.15 bits per heavy atom. The normalized spacial score (nSPS) is 13.4. The minimum absolute atomic E-state index is 0.228. The lowest BCUT2D eigenvalue weighted by atomic mass is 10.1. The molecule has 1 saturated carbocycles. The van der Waals surface area contributed by atoms with Crippen LogP contribution < -0.4 is 5.73 Å². The second-order valence-electron chi connectivity index (χ2n) is 8.53. The maximum Gasteiger partial charge on any atom is 0.272 e. The largest absolute Gasteiger partial charge is 0.383 e. The molecule has 0 bridgehead atoms. The first-order valence-electron chi connectivity index (χ1n) is 10.9. The van der Waals surface area contributed by atoms with E-state index in [2.05, 4.69) is 15.1 Å². The number of fused-ring (bicyclic) bond motifs is 3. The number of benzene rings is 1. The van der Waals surface area contributed by atoms with E-state index in [1.165, 1.54) is 29.8 Å². The first kappa shape index (κ1) is 20.9. The van der Waals surface area contributed by atoms with Crippen molar-refractivity contribution in [2.75, 3.05) is 12.8 Å². The average molecular weight is 444 g/mol. The van der Waals surface area contributed by atoms with Crippen LogP contribution in [-0.2, 0) is 18.4 Å². The van der Waals surface area contributed by atoms with Crippen LogP contribution in [0.1, 0.15) is 47.3 Å². The van der Waals surface area contributed by atoms with Gasteiger partial charge in [0, 0.05) is 49.8 Å². The molecule has 168 valence electrons. The van der Waals surface area contributed by atoms with E-state index in [0.717, 1.165) is 27.5 Å². The third kappa shape index (κ3) is 3.75. The van der Waals surface area contributed by atoms with Crippen molar-refractivity contribution >= 4 is 39.4 Å². The summed E-state index contributed by atoms with van der Waals surface area (Å²) in [5.74, 6) is 0.411. The van der Waals surface area contributed by atoms with E-state index in [0.29, 0.717) is 22.8 Å². The third-order valence-electron chi connectivity index (χ3n) is 6.18. The van der Waals surface area contributed by atoms with Crippen molar-refractivity contribution in [2.24, 2.45) is 7.05 Å². The number of hydrogen-bond acceptors (Lipinski definition) is 6. The van der Waals surface area contributed by atoms with Gasteiger partial charge < -0.3 is 5.73 Å². The number of hydrogen-bond donors (Lipinski definition) is 1. The van der Waals surface area contributed by atoms with Gasteiger partial charge in [0.1, 0.15) is 5.82 Å². The molecule has 3 aromatic heterocycles. The summed E-state index contributed by atoms with van der Waals surface area (Å²) in [5, 5.41) is 8.56. The van der Waals surface area contributed by atoms with Crippen LogP contribution in [0.3, 0.4) is 0 Å². The molecule has 0 radical (unpaired) electrons. The molecular weight excluding hydrogens is 418 g/mol. The average Bonchev–Trinajstić information content (AvgIpc) is 3.58. The molecule has 1 aliphatic rings. The number of pyridine rings is 2. The van der Waals surface area contributed by atoms with Gasteiger partial charge in [-0.05, 0) is 42.7 Å². The molecule has 9 nitrogen and oxygen atoms in total. The zero-order chi connectivity index (χ0) is 23.3. The summed E-state index contributed by atoms with van der Waals surface area (Å²) in [4.78, 5) is 34.8. The Kier molecular flexibility index (Phi) is 4.96. The van der Waals surface area contributed by atoms with E-state index in [4.69, 9.17) is 5.73 Å². The fraction of sp³-hybridized carbons (Fsp3) is 0.292. The summed E-state index contributed by atoms with van der Waals surface area (Å²) in [5.41, 5.74) is 9.93. The Hall–Kier alpha value is -4.01. The molecule has 0 spiro atoms. The van der Waals surface area contributed by atoms with Gasteiger partial charge in [0.15, 0.2) is 0 Å². The van der Waals surface area contributed by atoms with Crippen LogP contribution in [0.25, 0.3) is 21.8 Å². The van der Waals surface area contributed by atoms with Crippen molar-refractivity contribution in [3.05, 3.63) is 59.5 Å². The van der Waals surface area contributed by atoms with E-state index >= 15 is 0 Å². The third-order valence-corrected chi connectivity index (χ3v) is 6.18. The maximum absolute atomic E-state index is 13.6. The molecule has 0 saturated heterocycles. The van der Waals surface area contributed by atoms with Crippen molar-refractivity contribution in [3.63, 3.8) is 0 Å². The van der Waals surface area contributed by atoms with E-state index < -0.39 is 0 Å². The van der Waals surface area contributed by atoms with Gasteiger partial charge in [-0.25, -0.2) is 9.99 Å². The summed E-state index contributed by atoms with van der Waals surface area (Å²) in [6.45, 7) is 1.66. The fourth-order valence-electron chi connectivity index (χ4n) is 4.05. The maximum atomic E-state index is 13.6. The van der Waals surface area contributed by atoms with E-state index in [9.17, 15) is 9.59 Å². The molecule has 2 N–H and O–H groups in total. The Morgan fingerprint density at radius 3 is 2.61 bits per heavy atom. The number of carbonyl (C=O) groups is 2. The van der Waals surface area contributed by atoms with Gasteiger partial charge in [-0.2, -0.15) is 5.10 Å². The van der Waals surface area contributed by atoms with Gasteiger partial charge in [0.2, 0.25) is 5.91 Å². The number of rotatable bonds is 4. The number of aromatic nitrogens is 4. The van der Waals surface area contributed by atoms with Crippen LogP contribution in [0.5, 0.6) is 0 Å². The van der Waals surface area contributed by atoms with Crippen molar-refractivity contribution in [1.29, 1.82) is 0 Å². The van der Waals surface area contributed by atoms with Gasteiger partial charge in [-0.1, -0.05) is 6.07 Å². The number of nitrogen functional groups attached to an aromatic ring is 1. The zero-order valence-electron chi connectivity index (χ0n) is 18.8. The highest BCUT2D eigenvalue weighted by atomic mass is 16.2. The first-order valence-corrected chi connectivity index (χ1v) is 10.9. The number of aryl methyl sites for hydroxylation is 1. The van der Waals surface area contributed by atoms with Crippen molar-refractivity contribution in [2.45, 2.75) is 32.2 Å². The SMILES string of the molecule is CC(=O)N(C)N(Cc1ccc(C2CC2)nc1)C(=O)c1ccc2nc(N)c3cnn(C)c3c2c1. The second-order valence-corrected chi connectivity index (χ2v) is 8.53. The van der Waals surface area contributed by atoms with Gasteiger partial charge in [0.25, 0.3) is 5.91 Å². The van der Waals surface area contributed by atoms with Crippen molar-refractivity contribution in [3.8, 4) is 0 Å². The minimum Gasteiger partial charge on any atom is -0.383 e. The van der Waals surface area contributed by atoms with E-state index in [1.54, 1.807) is 42.3 Å². The summed E-state index contributed by atoms with van der Waals surface area (Å²) in [6, 6.07) is 9.23. The number of anilines is 1. The van der Waals surface area contributed by atoms with Gasteiger partial charge in [-0.15, -0.1) is 0 Å². The van der Waals surface area contributed by atoms with Crippen LogP contribution >= 0.6 is 0 Å². The molecule has 4 aromatic rings. The lowest BCUT2D eigenvalue weighted by molar-refractivity contribution is -0.140. The van der Waals surface area contributed by atoms with Crippen LogP contribution in [0.2, 0.25) is 0 Å². The van der Waals surface area contributed by atoms with Crippen LogP contribution in [-0.4, -0.2) is 48.6 Å². The smallest absolute Gasteiger partial charge is 0.272 e. The molecule has 1 fully saturated rings. The highest BCUT2D eigenvalue weighted by molar-refractivity contribution is 6.10. The summed E-state index contributed by atoms with van der Waals surface area (Å²) < 4.78 is 1.72. The molecule has 5 rings (SSSR count). The quantitative estimate of drug-likeness (QED) is 0.486. The van der Waals surface area contributed by atoms with Gasteiger partial charge in [-0.3, -0.25) is 24.3 Å². The Balaban J connectivity index is 1.52. The number of amides is 2. The number of hydrazine groups is 1. The number of nitrogens with zero attached hydrogens (tertiary/aromatic N) is 6. The van der Waals surface area contributed by atoms with Gasteiger partial charge >= 0.3 is 0 Å². The van der Waals surface area contributed by atoms with E-state index in [1.807, 2.05) is 19.2 Å². The van der Waals surface area contributed by atoms with Crippen molar-refractivity contribution < 1.29 is 9.59 Å². The predicted octanol–water partition coefficient (Wildman–Crippen LogP) is 3.01. The van der Waals surface area contributed by atoms with Gasteiger partial charge in [0.05, 0.1) is 29.2 Å². The highest BCUT2D eigenvalue weighted by Gasteiger charge is 2.26. The van der Waals surface area contributed by atoms with E-state index in [-0.39, 0.29) is 18.4 Å².